The molecule has 1 atom stereocenters. The van der Waals surface area contributed by atoms with Crippen molar-refractivity contribution in [1.29, 1.82) is 0 Å². The molecule has 3 rings (SSSR count). The first-order valence-corrected chi connectivity index (χ1v) is 7.11. The van der Waals surface area contributed by atoms with Gasteiger partial charge in [-0.25, -0.2) is 0 Å². The van der Waals surface area contributed by atoms with Crippen molar-refractivity contribution in [3.63, 3.8) is 0 Å². The zero-order chi connectivity index (χ0) is 15.0. The van der Waals surface area contributed by atoms with E-state index in [1.807, 2.05) is 11.0 Å². The van der Waals surface area contributed by atoms with Crippen LogP contribution in [0.4, 0.5) is 0 Å². The van der Waals surface area contributed by atoms with Gasteiger partial charge in [0.1, 0.15) is 5.69 Å². The smallest absolute Gasteiger partial charge is 0.274 e. The highest BCUT2D eigenvalue weighted by atomic mass is 16.3. The van der Waals surface area contributed by atoms with E-state index in [1.165, 1.54) is 0 Å². The topological polar surface area (TPSA) is 88.2 Å². The molecule has 0 aromatic carbocycles. The molecule has 3 heterocycles. The fourth-order valence-electron chi connectivity index (χ4n) is 2.70. The third kappa shape index (κ3) is 2.58. The molecule has 6 nitrogen and oxygen atoms in total. The second-order valence-electron chi connectivity index (χ2n) is 6.25. The summed E-state index contributed by atoms with van der Waals surface area (Å²) >= 11 is 0. The van der Waals surface area contributed by atoms with Crippen LogP contribution >= 0.6 is 0 Å². The van der Waals surface area contributed by atoms with Gasteiger partial charge in [0.05, 0.1) is 6.26 Å². The number of rotatable bonds is 2. The summed E-state index contributed by atoms with van der Waals surface area (Å²) in [6.07, 6.45) is 2.40. The highest BCUT2D eigenvalue weighted by molar-refractivity contribution is 5.93. The monoisotopic (exact) mass is 288 g/mol. The lowest BCUT2D eigenvalue weighted by molar-refractivity contribution is 0.0527. The lowest BCUT2D eigenvalue weighted by atomic mass is 9.79. The van der Waals surface area contributed by atoms with Crippen LogP contribution < -0.4 is 5.73 Å². The Labute approximate surface area is 123 Å². The number of aromatic nitrogens is 2. The Bertz CT molecular complexity index is 630. The first-order chi connectivity index (χ1) is 9.97. The van der Waals surface area contributed by atoms with E-state index in [4.69, 9.17) is 10.2 Å². The quantitative estimate of drug-likeness (QED) is 0.883. The van der Waals surface area contributed by atoms with Crippen molar-refractivity contribution < 1.29 is 9.21 Å². The molecule has 0 spiro atoms. The Morgan fingerprint density at radius 1 is 1.57 bits per heavy atom. The average Bonchev–Trinajstić information content (AvgIpc) is 3.10. The summed E-state index contributed by atoms with van der Waals surface area (Å²) in [6, 6.07) is 5.47. The van der Waals surface area contributed by atoms with Gasteiger partial charge in [0, 0.05) is 25.2 Å². The molecule has 1 aliphatic heterocycles. The SMILES string of the molecule is CC1(C)CN(C(=O)c2cc(-c3ccco3)[nH]n2)CCC1N. The highest BCUT2D eigenvalue weighted by Gasteiger charge is 2.36. The second-order valence-corrected chi connectivity index (χ2v) is 6.25. The molecule has 0 radical (unpaired) electrons. The number of nitrogens with one attached hydrogen (secondary N) is 1. The molecule has 1 unspecified atom stereocenters. The molecule has 0 bridgehead atoms. The standard InChI is InChI=1S/C15H20N4O2/c1-15(2)9-19(6-5-13(15)16)14(20)11-8-10(17-18-11)12-4-3-7-21-12/h3-4,7-8,13H,5-6,9,16H2,1-2H3,(H,17,18). The van der Waals surface area contributed by atoms with Crippen LogP contribution in [0, 0.1) is 5.41 Å². The maximum Gasteiger partial charge on any atom is 0.274 e. The fourth-order valence-corrected chi connectivity index (χ4v) is 2.70. The zero-order valence-electron chi connectivity index (χ0n) is 12.3. The van der Waals surface area contributed by atoms with Gasteiger partial charge >= 0.3 is 0 Å². The highest BCUT2D eigenvalue weighted by Crippen LogP contribution is 2.28. The van der Waals surface area contributed by atoms with E-state index < -0.39 is 0 Å². The van der Waals surface area contributed by atoms with Gasteiger partial charge in [0.15, 0.2) is 11.5 Å². The molecule has 1 saturated heterocycles. The predicted octanol–water partition coefficient (Wildman–Crippen LogP) is 1.87. The Hall–Kier alpha value is -2.08. The summed E-state index contributed by atoms with van der Waals surface area (Å²) in [5, 5.41) is 6.95. The van der Waals surface area contributed by atoms with Crippen LogP contribution in [-0.4, -0.2) is 40.1 Å². The van der Waals surface area contributed by atoms with Gasteiger partial charge in [-0.1, -0.05) is 13.8 Å². The molecule has 1 aliphatic rings. The maximum absolute atomic E-state index is 12.5. The zero-order valence-corrected chi connectivity index (χ0v) is 12.3. The Morgan fingerprint density at radius 2 is 2.38 bits per heavy atom. The minimum absolute atomic E-state index is 0.0657. The van der Waals surface area contributed by atoms with E-state index in [2.05, 4.69) is 24.0 Å². The van der Waals surface area contributed by atoms with Gasteiger partial charge in [-0.2, -0.15) is 5.10 Å². The molecule has 0 saturated carbocycles. The molecule has 0 aliphatic carbocycles. The Balaban J connectivity index is 1.77. The van der Waals surface area contributed by atoms with E-state index in [1.54, 1.807) is 18.4 Å². The predicted molar refractivity (Wildman–Crippen MR) is 78.6 cm³/mol. The number of hydrogen-bond donors (Lipinski definition) is 2. The Kier molecular flexibility index (Phi) is 3.33. The molecular formula is C15H20N4O2. The number of nitrogens with two attached hydrogens (primary N) is 1. The van der Waals surface area contributed by atoms with Gasteiger partial charge in [-0.15, -0.1) is 0 Å². The lowest BCUT2D eigenvalue weighted by Gasteiger charge is -2.42. The summed E-state index contributed by atoms with van der Waals surface area (Å²) in [5.41, 5.74) is 7.15. The third-order valence-electron chi connectivity index (χ3n) is 4.18. The van der Waals surface area contributed by atoms with Crippen LogP contribution in [0.3, 0.4) is 0 Å². The van der Waals surface area contributed by atoms with Gasteiger partial charge in [-0.3, -0.25) is 9.89 Å². The third-order valence-corrected chi connectivity index (χ3v) is 4.18. The summed E-state index contributed by atoms with van der Waals surface area (Å²) in [4.78, 5) is 14.4. The number of piperidine rings is 1. The molecule has 1 amide bonds. The van der Waals surface area contributed by atoms with Crippen molar-refractivity contribution in [3.8, 4) is 11.5 Å². The van der Waals surface area contributed by atoms with Crippen LogP contribution in [-0.2, 0) is 0 Å². The molecule has 2 aromatic heterocycles. The van der Waals surface area contributed by atoms with Gasteiger partial charge in [0.2, 0.25) is 0 Å². The van der Waals surface area contributed by atoms with Crippen LogP contribution in [0.5, 0.6) is 0 Å². The van der Waals surface area contributed by atoms with Crippen molar-refractivity contribution in [2.75, 3.05) is 13.1 Å². The van der Waals surface area contributed by atoms with Crippen molar-refractivity contribution in [2.45, 2.75) is 26.3 Å². The number of nitrogens with zero attached hydrogens (tertiary/aromatic N) is 2. The molecule has 6 heteroatoms. The van der Waals surface area contributed by atoms with Crippen LogP contribution in [0.25, 0.3) is 11.5 Å². The lowest BCUT2D eigenvalue weighted by Crippen LogP contribution is -2.54. The van der Waals surface area contributed by atoms with Gasteiger partial charge in [-0.05, 0) is 24.0 Å². The summed E-state index contributed by atoms with van der Waals surface area (Å²) in [7, 11) is 0. The van der Waals surface area contributed by atoms with Crippen LogP contribution in [0.1, 0.15) is 30.8 Å². The van der Waals surface area contributed by atoms with E-state index in [0.717, 1.165) is 6.42 Å². The number of hydrogen-bond acceptors (Lipinski definition) is 4. The van der Waals surface area contributed by atoms with E-state index in [0.29, 0.717) is 30.2 Å². The van der Waals surface area contributed by atoms with Crippen molar-refractivity contribution in [1.82, 2.24) is 15.1 Å². The molecule has 112 valence electrons. The first kappa shape index (κ1) is 13.9. The number of carbonyl (C=O) groups is 1. The average molecular weight is 288 g/mol. The van der Waals surface area contributed by atoms with E-state index >= 15 is 0 Å². The van der Waals surface area contributed by atoms with Gasteiger partial charge < -0.3 is 15.1 Å². The number of amides is 1. The molecule has 2 aromatic rings. The molecular weight excluding hydrogens is 268 g/mol. The van der Waals surface area contributed by atoms with Crippen molar-refractivity contribution in [2.24, 2.45) is 11.1 Å². The van der Waals surface area contributed by atoms with Crippen LogP contribution in [0.15, 0.2) is 28.9 Å². The van der Waals surface area contributed by atoms with E-state index in [-0.39, 0.29) is 17.4 Å². The molecule has 21 heavy (non-hydrogen) atoms. The number of likely N-dealkylation sites (tertiary alicyclic amines) is 1. The van der Waals surface area contributed by atoms with E-state index in [9.17, 15) is 4.79 Å². The first-order valence-electron chi connectivity index (χ1n) is 7.11. The van der Waals surface area contributed by atoms with Gasteiger partial charge in [0.25, 0.3) is 5.91 Å². The van der Waals surface area contributed by atoms with Crippen molar-refractivity contribution >= 4 is 5.91 Å². The number of carbonyl (C=O) groups excluding carboxylic acids is 1. The fraction of sp³-hybridized carbons (Fsp3) is 0.467. The normalized spacial score (nSPS) is 21.5. The number of H-pyrrole nitrogens is 1. The molecule has 3 N–H and O–H groups in total. The summed E-state index contributed by atoms with van der Waals surface area (Å²) in [6.45, 7) is 5.51. The summed E-state index contributed by atoms with van der Waals surface area (Å²) in [5.74, 6) is 0.603. The number of aromatic amines is 1. The van der Waals surface area contributed by atoms with Crippen molar-refractivity contribution in [3.05, 3.63) is 30.2 Å². The Morgan fingerprint density at radius 3 is 3.05 bits per heavy atom. The minimum Gasteiger partial charge on any atom is -0.463 e. The summed E-state index contributed by atoms with van der Waals surface area (Å²) < 4.78 is 5.29. The maximum atomic E-state index is 12.5. The number of furan rings is 1. The van der Waals surface area contributed by atoms with Crippen LogP contribution in [0.2, 0.25) is 0 Å². The minimum atomic E-state index is -0.0753. The largest absolute Gasteiger partial charge is 0.463 e. The second kappa shape index (κ2) is 5.04. The molecule has 1 fully saturated rings.